The van der Waals surface area contributed by atoms with Gasteiger partial charge in [0.15, 0.2) is 0 Å². The number of nitrogens with zero attached hydrogens (tertiary/aromatic N) is 2. The van der Waals surface area contributed by atoms with Gasteiger partial charge in [0.2, 0.25) is 0 Å². The van der Waals surface area contributed by atoms with Gasteiger partial charge in [-0.05, 0) is 11.5 Å². The zero-order valence-electron chi connectivity index (χ0n) is 10.5. The normalized spacial score (nSPS) is 10.8. The zero-order valence-corrected chi connectivity index (χ0v) is 12.1. The highest BCUT2D eigenvalue weighted by Gasteiger charge is 2.10. The summed E-state index contributed by atoms with van der Waals surface area (Å²) in [5.41, 5.74) is 0. The van der Waals surface area contributed by atoms with Crippen molar-refractivity contribution in [3.63, 3.8) is 0 Å². The Hall–Kier alpha value is -1.13. The first kappa shape index (κ1) is 13.3. The van der Waals surface area contributed by atoms with Crippen molar-refractivity contribution in [2.24, 2.45) is 0 Å². The van der Waals surface area contributed by atoms with E-state index in [2.05, 4.69) is 50.1 Å². The van der Waals surface area contributed by atoms with Crippen LogP contribution in [0.5, 0.6) is 0 Å². The fraction of sp³-hybridized carbons (Fsp3) is 0.357. The quantitative estimate of drug-likeness (QED) is 0.767. The second-order valence-corrected chi connectivity index (χ2v) is 4.82. The van der Waals surface area contributed by atoms with Gasteiger partial charge in [0, 0.05) is 37.1 Å². The number of fused-ring (bicyclic) bond motifs is 1. The summed E-state index contributed by atoms with van der Waals surface area (Å²) in [7, 11) is 1.73. The van der Waals surface area contributed by atoms with Gasteiger partial charge >= 0.3 is 0 Å². The van der Waals surface area contributed by atoms with Gasteiger partial charge in [0.25, 0.3) is 0 Å². The lowest BCUT2D eigenvalue weighted by Crippen LogP contribution is -2.30. The molecule has 0 amide bonds. The van der Waals surface area contributed by atoms with Gasteiger partial charge in [-0.25, -0.2) is 4.98 Å². The molecular weight excluding hydrogens is 292 g/mol. The second kappa shape index (κ2) is 6.71. The summed E-state index contributed by atoms with van der Waals surface area (Å²) in [6.07, 6.45) is 1.87. The molecule has 0 fully saturated rings. The standard InChI is InChI=1S/C14H17BrN2O/c1-18-11-10-17(9-7-15)14-13-5-3-2-4-12(13)6-8-16-14/h2-6,8H,7,9-11H2,1H3. The summed E-state index contributed by atoms with van der Waals surface area (Å²) in [6.45, 7) is 2.48. The number of hydrogen-bond acceptors (Lipinski definition) is 3. The van der Waals surface area contributed by atoms with E-state index in [1.165, 1.54) is 10.8 Å². The highest BCUT2D eigenvalue weighted by Crippen LogP contribution is 2.23. The van der Waals surface area contributed by atoms with Crippen LogP contribution in [-0.4, -0.2) is 37.1 Å². The van der Waals surface area contributed by atoms with E-state index < -0.39 is 0 Å². The first-order valence-corrected chi connectivity index (χ1v) is 7.12. The van der Waals surface area contributed by atoms with Crippen LogP contribution in [0.25, 0.3) is 10.8 Å². The number of benzene rings is 1. The van der Waals surface area contributed by atoms with Crippen molar-refractivity contribution in [2.75, 3.05) is 37.0 Å². The lowest BCUT2D eigenvalue weighted by atomic mass is 10.1. The van der Waals surface area contributed by atoms with Gasteiger partial charge in [0.1, 0.15) is 5.82 Å². The highest BCUT2D eigenvalue weighted by atomic mass is 79.9. The Morgan fingerprint density at radius 2 is 2.06 bits per heavy atom. The summed E-state index contributed by atoms with van der Waals surface area (Å²) in [6, 6.07) is 10.4. The molecule has 0 radical (unpaired) electrons. The van der Waals surface area contributed by atoms with Gasteiger partial charge < -0.3 is 9.64 Å². The van der Waals surface area contributed by atoms with Crippen molar-refractivity contribution < 1.29 is 4.74 Å². The van der Waals surface area contributed by atoms with E-state index in [4.69, 9.17) is 4.74 Å². The van der Waals surface area contributed by atoms with Gasteiger partial charge in [0.05, 0.1) is 6.61 Å². The third-order valence-corrected chi connectivity index (χ3v) is 3.23. The van der Waals surface area contributed by atoms with Gasteiger partial charge in [-0.2, -0.15) is 0 Å². The maximum Gasteiger partial charge on any atom is 0.136 e. The number of pyridine rings is 1. The van der Waals surface area contributed by atoms with E-state index in [0.717, 1.165) is 24.2 Å². The minimum atomic E-state index is 0.706. The topological polar surface area (TPSA) is 25.4 Å². The molecule has 0 bridgehead atoms. The second-order valence-electron chi connectivity index (χ2n) is 4.02. The van der Waals surface area contributed by atoms with Crippen LogP contribution in [0, 0.1) is 0 Å². The Labute approximate surface area is 116 Å². The Kier molecular flexibility index (Phi) is 4.96. The van der Waals surface area contributed by atoms with Crippen molar-refractivity contribution >= 4 is 32.5 Å². The molecule has 1 aromatic heterocycles. The smallest absolute Gasteiger partial charge is 0.136 e. The first-order chi connectivity index (χ1) is 8.86. The Morgan fingerprint density at radius 1 is 1.22 bits per heavy atom. The van der Waals surface area contributed by atoms with E-state index in [0.29, 0.717) is 6.61 Å². The van der Waals surface area contributed by atoms with E-state index in [-0.39, 0.29) is 0 Å². The number of aromatic nitrogens is 1. The molecule has 0 aliphatic heterocycles. The largest absolute Gasteiger partial charge is 0.383 e. The molecule has 96 valence electrons. The van der Waals surface area contributed by atoms with Crippen molar-refractivity contribution in [2.45, 2.75) is 0 Å². The molecule has 3 nitrogen and oxygen atoms in total. The molecule has 1 heterocycles. The summed E-state index contributed by atoms with van der Waals surface area (Å²) in [4.78, 5) is 6.78. The molecule has 0 saturated heterocycles. The average molecular weight is 309 g/mol. The molecule has 1 aromatic carbocycles. The maximum atomic E-state index is 5.17. The summed E-state index contributed by atoms with van der Waals surface area (Å²) >= 11 is 3.49. The molecule has 0 aliphatic rings. The number of rotatable bonds is 6. The van der Waals surface area contributed by atoms with Gasteiger partial charge in [-0.1, -0.05) is 40.2 Å². The molecule has 2 aromatic rings. The lowest BCUT2D eigenvalue weighted by molar-refractivity contribution is 0.205. The molecule has 0 saturated carbocycles. The monoisotopic (exact) mass is 308 g/mol. The van der Waals surface area contributed by atoms with Crippen LogP contribution in [-0.2, 0) is 4.74 Å². The minimum Gasteiger partial charge on any atom is -0.383 e. The molecule has 0 aliphatic carbocycles. The van der Waals surface area contributed by atoms with Crippen molar-refractivity contribution in [1.29, 1.82) is 0 Å². The minimum absolute atomic E-state index is 0.706. The number of halogens is 1. The van der Waals surface area contributed by atoms with Crippen LogP contribution < -0.4 is 4.90 Å². The molecule has 0 unspecified atom stereocenters. The van der Waals surface area contributed by atoms with Gasteiger partial charge in [-0.15, -0.1) is 0 Å². The predicted octanol–water partition coefficient (Wildman–Crippen LogP) is 3.08. The van der Waals surface area contributed by atoms with E-state index in [9.17, 15) is 0 Å². The molecule has 0 N–H and O–H groups in total. The summed E-state index contributed by atoms with van der Waals surface area (Å²) in [5, 5.41) is 3.33. The van der Waals surface area contributed by atoms with Crippen molar-refractivity contribution in [3.05, 3.63) is 36.5 Å². The number of hydrogen-bond donors (Lipinski definition) is 0. The first-order valence-electron chi connectivity index (χ1n) is 6.00. The molecular formula is C14H17BrN2O. The third kappa shape index (κ3) is 3.00. The number of methoxy groups -OCH3 is 1. The molecule has 18 heavy (non-hydrogen) atoms. The molecule has 0 atom stereocenters. The number of anilines is 1. The average Bonchev–Trinajstić information content (AvgIpc) is 2.43. The lowest BCUT2D eigenvalue weighted by Gasteiger charge is -2.23. The van der Waals surface area contributed by atoms with Crippen LogP contribution in [0.4, 0.5) is 5.82 Å². The Balaban J connectivity index is 2.36. The summed E-state index contributed by atoms with van der Waals surface area (Å²) < 4.78 is 5.17. The Morgan fingerprint density at radius 3 is 2.83 bits per heavy atom. The fourth-order valence-corrected chi connectivity index (χ4v) is 2.41. The zero-order chi connectivity index (χ0) is 12.8. The van der Waals surface area contributed by atoms with Crippen LogP contribution >= 0.6 is 15.9 Å². The molecule has 2 rings (SSSR count). The number of alkyl halides is 1. The van der Waals surface area contributed by atoms with E-state index in [1.54, 1.807) is 7.11 Å². The van der Waals surface area contributed by atoms with E-state index >= 15 is 0 Å². The SMILES string of the molecule is COCCN(CCBr)c1nccc2ccccc12. The Bertz CT molecular complexity index is 499. The van der Waals surface area contributed by atoms with Crippen LogP contribution in [0.15, 0.2) is 36.5 Å². The molecule has 4 heteroatoms. The summed E-state index contributed by atoms with van der Waals surface area (Å²) in [5.74, 6) is 1.03. The van der Waals surface area contributed by atoms with E-state index in [1.807, 2.05) is 12.3 Å². The third-order valence-electron chi connectivity index (χ3n) is 2.87. The molecule has 0 spiro atoms. The highest BCUT2D eigenvalue weighted by molar-refractivity contribution is 9.09. The number of ether oxygens (including phenoxy) is 1. The van der Waals surface area contributed by atoms with Crippen molar-refractivity contribution in [3.8, 4) is 0 Å². The van der Waals surface area contributed by atoms with Gasteiger partial charge in [-0.3, -0.25) is 0 Å². The van der Waals surface area contributed by atoms with Crippen LogP contribution in [0.2, 0.25) is 0 Å². The fourth-order valence-electron chi connectivity index (χ4n) is 1.98. The van der Waals surface area contributed by atoms with Crippen molar-refractivity contribution in [1.82, 2.24) is 4.98 Å². The van der Waals surface area contributed by atoms with Crippen LogP contribution in [0.1, 0.15) is 0 Å². The van der Waals surface area contributed by atoms with Crippen LogP contribution in [0.3, 0.4) is 0 Å². The maximum absolute atomic E-state index is 5.17. The predicted molar refractivity (Wildman–Crippen MR) is 79.6 cm³/mol.